The highest BCUT2D eigenvalue weighted by molar-refractivity contribution is 9.10. The Hall–Kier alpha value is -1.41. The average Bonchev–Trinajstić information content (AvgIpc) is 2.16. The van der Waals surface area contributed by atoms with E-state index in [0.717, 1.165) is 0 Å². The molecule has 0 amide bonds. The van der Waals surface area contributed by atoms with Gasteiger partial charge in [0.2, 0.25) is 0 Å². The van der Waals surface area contributed by atoms with Gasteiger partial charge in [-0.05, 0) is 22.0 Å². The van der Waals surface area contributed by atoms with E-state index in [1.54, 1.807) is 0 Å². The van der Waals surface area contributed by atoms with Gasteiger partial charge in [-0.1, -0.05) is 0 Å². The summed E-state index contributed by atoms with van der Waals surface area (Å²) in [7, 11) is 1.26. The van der Waals surface area contributed by atoms with E-state index in [-0.39, 0.29) is 11.1 Å². The molecule has 4 nitrogen and oxygen atoms in total. The maximum absolute atomic E-state index is 11.1. The zero-order valence-corrected chi connectivity index (χ0v) is 8.33. The SMILES string of the molecule is COC(=O)c1ccnc(Br)c1C#N. The molecule has 0 unspecified atom stereocenters. The van der Waals surface area contributed by atoms with Crippen molar-refractivity contribution in [1.29, 1.82) is 5.26 Å². The lowest BCUT2D eigenvalue weighted by molar-refractivity contribution is 0.0600. The minimum absolute atomic E-state index is 0.189. The maximum atomic E-state index is 11.1. The fraction of sp³-hybridized carbons (Fsp3) is 0.125. The second-order valence-electron chi connectivity index (χ2n) is 2.13. The molecule has 0 atom stereocenters. The molecule has 0 aliphatic heterocycles. The summed E-state index contributed by atoms with van der Waals surface area (Å²) < 4.78 is 4.84. The normalized spacial score (nSPS) is 9.00. The third-order valence-electron chi connectivity index (χ3n) is 1.42. The lowest BCUT2D eigenvalue weighted by atomic mass is 10.1. The third-order valence-corrected chi connectivity index (χ3v) is 2.02. The number of carbonyl (C=O) groups excluding carboxylic acids is 1. The van der Waals surface area contributed by atoms with Gasteiger partial charge < -0.3 is 4.74 Å². The van der Waals surface area contributed by atoms with Crippen LogP contribution in [-0.2, 0) is 4.74 Å². The van der Waals surface area contributed by atoms with Gasteiger partial charge in [-0.3, -0.25) is 0 Å². The van der Waals surface area contributed by atoms with Crippen molar-refractivity contribution in [3.63, 3.8) is 0 Å². The Bertz CT molecular complexity index is 384. The first-order valence-corrected chi connectivity index (χ1v) is 4.13. The summed E-state index contributed by atoms with van der Waals surface area (Å²) in [5, 5.41) is 8.72. The summed E-state index contributed by atoms with van der Waals surface area (Å²) in [5.74, 6) is -0.542. The molecule has 0 aromatic carbocycles. The van der Waals surface area contributed by atoms with Gasteiger partial charge in [0.15, 0.2) is 0 Å². The number of rotatable bonds is 1. The van der Waals surface area contributed by atoms with E-state index in [1.165, 1.54) is 19.4 Å². The second-order valence-corrected chi connectivity index (χ2v) is 2.88. The zero-order chi connectivity index (χ0) is 9.84. The average molecular weight is 241 g/mol. The summed E-state index contributed by atoms with van der Waals surface area (Å²) >= 11 is 3.06. The number of esters is 1. The van der Waals surface area contributed by atoms with Crippen LogP contribution in [-0.4, -0.2) is 18.1 Å². The number of hydrogen-bond acceptors (Lipinski definition) is 4. The fourth-order valence-electron chi connectivity index (χ4n) is 0.823. The first-order chi connectivity index (χ1) is 6.20. The highest BCUT2D eigenvalue weighted by Gasteiger charge is 2.14. The minimum Gasteiger partial charge on any atom is -0.465 e. The van der Waals surface area contributed by atoms with Crippen LogP contribution in [0.25, 0.3) is 0 Å². The molecule has 1 aromatic rings. The van der Waals surface area contributed by atoms with Gasteiger partial charge in [0.05, 0.1) is 18.2 Å². The lowest BCUT2D eigenvalue weighted by Crippen LogP contribution is -2.05. The Morgan fingerprint density at radius 2 is 2.46 bits per heavy atom. The molecule has 1 heterocycles. The summed E-state index contributed by atoms with van der Waals surface area (Å²) in [4.78, 5) is 14.9. The van der Waals surface area contributed by atoms with Crippen molar-refractivity contribution in [3.05, 3.63) is 28.0 Å². The van der Waals surface area contributed by atoms with Crippen molar-refractivity contribution in [2.45, 2.75) is 0 Å². The van der Waals surface area contributed by atoms with Crippen molar-refractivity contribution < 1.29 is 9.53 Å². The van der Waals surface area contributed by atoms with Gasteiger partial charge in [0, 0.05) is 6.20 Å². The highest BCUT2D eigenvalue weighted by Crippen LogP contribution is 2.17. The number of ether oxygens (including phenoxy) is 1. The van der Waals surface area contributed by atoms with Crippen LogP contribution in [0.5, 0.6) is 0 Å². The van der Waals surface area contributed by atoms with E-state index < -0.39 is 5.97 Å². The van der Waals surface area contributed by atoms with Gasteiger partial charge in [-0.15, -0.1) is 0 Å². The van der Waals surface area contributed by atoms with Crippen LogP contribution in [0.4, 0.5) is 0 Å². The predicted molar refractivity (Wildman–Crippen MR) is 48.0 cm³/mol. The molecule has 0 radical (unpaired) electrons. The number of hydrogen-bond donors (Lipinski definition) is 0. The van der Waals surface area contributed by atoms with Gasteiger partial charge >= 0.3 is 5.97 Å². The van der Waals surface area contributed by atoms with Gasteiger partial charge in [0.1, 0.15) is 10.7 Å². The molecule has 0 aliphatic rings. The number of halogens is 1. The first kappa shape index (κ1) is 9.68. The number of nitrogens with zero attached hydrogens (tertiary/aromatic N) is 2. The van der Waals surface area contributed by atoms with E-state index >= 15 is 0 Å². The summed E-state index contributed by atoms with van der Waals surface area (Å²) in [5.41, 5.74) is 0.404. The minimum atomic E-state index is -0.542. The van der Waals surface area contributed by atoms with Crippen LogP contribution in [0, 0.1) is 11.3 Å². The first-order valence-electron chi connectivity index (χ1n) is 3.33. The second kappa shape index (κ2) is 4.01. The van der Waals surface area contributed by atoms with Crippen LogP contribution >= 0.6 is 15.9 Å². The van der Waals surface area contributed by atoms with E-state index in [2.05, 4.69) is 25.7 Å². The quantitative estimate of drug-likeness (QED) is 0.552. The molecule has 13 heavy (non-hydrogen) atoms. The molecular weight excluding hydrogens is 236 g/mol. The van der Waals surface area contributed by atoms with Crippen LogP contribution in [0.1, 0.15) is 15.9 Å². The summed E-state index contributed by atoms with van der Waals surface area (Å²) in [6.07, 6.45) is 1.43. The molecule has 0 saturated carbocycles. The van der Waals surface area contributed by atoms with E-state index in [4.69, 9.17) is 5.26 Å². The fourth-order valence-corrected chi connectivity index (χ4v) is 1.24. The third kappa shape index (κ3) is 1.84. The Kier molecular flexibility index (Phi) is 2.98. The number of carbonyl (C=O) groups is 1. The topological polar surface area (TPSA) is 63.0 Å². The smallest absolute Gasteiger partial charge is 0.339 e. The molecular formula is C8H5BrN2O2. The van der Waals surface area contributed by atoms with Crippen molar-refractivity contribution in [1.82, 2.24) is 4.98 Å². The maximum Gasteiger partial charge on any atom is 0.339 e. The molecule has 0 aliphatic carbocycles. The molecule has 5 heteroatoms. The Morgan fingerprint density at radius 3 is 3.00 bits per heavy atom. The largest absolute Gasteiger partial charge is 0.465 e. The van der Waals surface area contributed by atoms with Gasteiger partial charge in [-0.25, -0.2) is 9.78 Å². The lowest BCUT2D eigenvalue weighted by Gasteiger charge is -2.01. The Morgan fingerprint density at radius 1 is 1.77 bits per heavy atom. The van der Waals surface area contributed by atoms with Crippen molar-refractivity contribution in [2.24, 2.45) is 0 Å². The van der Waals surface area contributed by atoms with Gasteiger partial charge in [0.25, 0.3) is 0 Å². The highest BCUT2D eigenvalue weighted by atomic mass is 79.9. The summed E-state index contributed by atoms with van der Waals surface area (Å²) in [6, 6.07) is 3.31. The molecule has 0 fully saturated rings. The molecule has 0 spiro atoms. The number of aromatic nitrogens is 1. The zero-order valence-electron chi connectivity index (χ0n) is 6.74. The van der Waals surface area contributed by atoms with Crippen LogP contribution in [0.2, 0.25) is 0 Å². The Balaban J connectivity index is 3.30. The van der Waals surface area contributed by atoms with E-state index in [1.807, 2.05) is 6.07 Å². The van der Waals surface area contributed by atoms with Crippen molar-refractivity contribution in [3.8, 4) is 6.07 Å². The van der Waals surface area contributed by atoms with Gasteiger partial charge in [-0.2, -0.15) is 5.26 Å². The standard InChI is InChI=1S/C8H5BrN2O2/c1-13-8(12)5-2-3-11-7(9)6(5)4-10/h2-3H,1H3. The van der Waals surface area contributed by atoms with E-state index in [0.29, 0.717) is 4.60 Å². The molecule has 1 aromatic heterocycles. The predicted octanol–water partition coefficient (Wildman–Crippen LogP) is 1.50. The number of methoxy groups -OCH3 is 1. The van der Waals surface area contributed by atoms with Crippen LogP contribution < -0.4 is 0 Å². The molecule has 0 bridgehead atoms. The monoisotopic (exact) mass is 240 g/mol. The molecule has 1 rings (SSSR count). The Labute approximate surface area is 83.3 Å². The molecule has 0 N–H and O–H groups in total. The van der Waals surface area contributed by atoms with Crippen LogP contribution in [0.15, 0.2) is 16.9 Å². The van der Waals surface area contributed by atoms with Crippen molar-refractivity contribution >= 4 is 21.9 Å². The molecule has 0 saturated heterocycles. The summed E-state index contributed by atoms with van der Waals surface area (Å²) in [6.45, 7) is 0. The van der Waals surface area contributed by atoms with Crippen molar-refractivity contribution in [2.75, 3.05) is 7.11 Å². The molecule has 66 valence electrons. The van der Waals surface area contributed by atoms with Crippen LogP contribution in [0.3, 0.4) is 0 Å². The number of pyridine rings is 1. The number of nitriles is 1. The van der Waals surface area contributed by atoms with E-state index in [9.17, 15) is 4.79 Å².